The summed E-state index contributed by atoms with van der Waals surface area (Å²) in [5.74, 6) is 1.28. The minimum Gasteiger partial charge on any atom is -0.507 e. The van der Waals surface area contributed by atoms with E-state index in [1.165, 1.54) is 17.4 Å². The molecule has 62 heavy (non-hydrogen) atoms. The van der Waals surface area contributed by atoms with E-state index in [-0.39, 0.29) is 42.3 Å². The van der Waals surface area contributed by atoms with Gasteiger partial charge in [-0.1, -0.05) is 13.8 Å². The number of amides is 3. The molecule has 14 nitrogen and oxygen atoms in total. The molecular weight excluding hydrogens is 789 g/mol. The number of piperidine rings is 3. The van der Waals surface area contributed by atoms with E-state index in [2.05, 4.69) is 20.1 Å². The number of nitrogens with one attached hydrogen (secondary N) is 1. The van der Waals surface area contributed by atoms with Crippen LogP contribution in [0.5, 0.6) is 17.2 Å². The van der Waals surface area contributed by atoms with Crippen LogP contribution in [0, 0.1) is 11.3 Å². The number of ether oxygens (including phenoxy) is 2. The number of rotatable bonds is 11. The third-order valence-electron chi connectivity index (χ3n) is 14.5. The number of imide groups is 1. The average Bonchev–Trinajstić information content (AvgIpc) is 3.57. The van der Waals surface area contributed by atoms with Gasteiger partial charge in [-0.05, 0) is 135 Å². The summed E-state index contributed by atoms with van der Waals surface area (Å²) in [7, 11) is 3.33. The van der Waals surface area contributed by atoms with Crippen LogP contribution in [-0.4, -0.2) is 111 Å². The van der Waals surface area contributed by atoms with Crippen LogP contribution in [0.25, 0.3) is 21.9 Å². The molecule has 4 fully saturated rings. The first-order chi connectivity index (χ1) is 29.7. The number of pyridine rings is 2. The fourth-order valence-corrected chi connectivity index (χ4v) is 10.5. The maximum atomic E-state index is 13.1. The molecule has 4 aliphatic heterocycles. The number of aromatic hydroxyl groups is 1. The zero-order valence-corrected chi connectivity index (χ0v) is 36.2. The van der Waals surface area contributed by atoms with Crippen molar-refractivity contribution in [2.24, 2.45) is 18.4 Å². The summed E-state index contributed by atoms with van der Waals surface area (Å²) in [5.41, 5.74) is 3.96. The normalized spacial score (nSPS) is 21.3. The zero-order chi connectivity index (χ0) is 43.5. The first kappa shape index (κ1) is 42.0. The Morgan fingerprint density at radius 2 is 1.69 bits per heavy atom. The molecule has 0 radical (unpaired) electrons. The number of nitrogens with zero attached hydrogens (tertiary/aromatic N) is 5. The fraction of sp³-hybridized carbons (Fsp3) is 0.521. The molecule has 5 aliphatic rings. The molecular formula is C48H58N6O8. The van der Waals surface area contributed by atoms with Crippen LogP contribution in [0.4, 0.5) is 0 Å². The van der Waals surface area contributed by atoms with Crippen molar-refractivity contribution in [1.82, 2.24) is 29.6 Å². The first-order valence-electron chi connectivity index (χ1n) is 22.1. The molecule has 1 aliphatic carbocycles. The van der Waals surface area contributed by atoms with Crippen molar-refractivity contribution in [1.29, 1.82) is 0 Å². The SMILES string of the molecule is COc1cc(-c2cn(C)c(=O)c3cnc(C(C)(C)CO)cc23)cc(O)c1CN1CCC(CN2CCC3(CC2)CC(Oc2ccc4c(c2)CN(C2CCC(=O)NC2=O)C4=O)C3)CC1. The molecule has 9 rings (SSSR count). The van der Waals surface area contributed by atoms with Gasteiger partial charge in [-0.2, -0.15) is 0 Å². The summed E-state index contributed by atoms with van der Waals surface area (Å²) in [6.07, 6.45) is 10.7. The van der Waals surface area contributed by atoms with Gasteiger partial charge in [0.1, 0.15) is 23.3 Å². The highest BCUT2D eigenvalue weighted by molar-refractivity contribution is 6.05. The van der Waals surface area contributed by atoms with Crippen molar-refractivity contribution in [3.8, 4) is 28.4 Å². The number of methoxy groups -OCH3 is 1. The molecule has 328 valence electrons. The van der Waals surface area contributed by atoms with Gasteiger partial charge < -0.3 is 34.1 Å². The van der Waals surface area contributed by atoms with E-state index in [1.54, 1.807) is 37.5 Å². The van der Waals surface area contributed by atoms with Gasteiger partial charge in [-0.25, -0.2) is 0 Å². The van der Waals surface area contributed by atoms with Crippen LogP contribution >= 0.6 is 0 Å². The molecule has 3 amide bonds. The Bertz CT molecular complexity index is 2480. The van der Waals surface area contributed by atoms with E-state index < -0.39 is 17.4 Å². The Balaban J connectivity index is 0.755. The number of aromatic nitrogens is 2. The number of aliphatic hydroxyl groups excluding tert-OH is 1. The van der Waals surface area contributed by atoms with E-state index in [0.717, 1.165) is 86.4 Å². The molecule has 0 bridgehead atoms. The quantitative estimate of drug-likeness (QED) is 0.176. The summed E-state index contributed by atoms with van der Waals surface area (Å²) in [5, 5.41) is 25.0. The van der Waals surface area contributed by atoms with E-state index >= 15 is 0 Å². The number of aryl methyl sites for hydroxylation is 1. The monoisotopic (exact) mass is 846 g/mol. The zero-order valence-electron chi connectivity index (χ0n) is 36.2. The summed E-state index contributed by atoms with van der Waals surface area (Å²) >= 11 is 0. The maximum absolute atomic E-state index is 13.1. The predicted molar refractivity (Wildman–Crippen MR) is 233 cm³/mol. The molecule has 2 aromatic carbocycles. The van der Waals surface area contributed by atoms with E-state index in [9.17, 15) is 29.4 Å². The predicted octanol–water partition coefficient (Wildman–Crippen LogP) is 4.88. The minimum atomic E-state index is -0.623. The van der Waals surface area contributed by atoms with Gasteiger partial charge in [-0.15, -0.1) is 0 Å². The Morgan fingerprint density at radius 1 is 0.935 bits per heavy atom. The lowest BCUT2D eigenvalue weighted by Gasteiger charge is -2.52. The standard InChI is InChI=1S/C48H58N6O8/c1-47(2,28-55)42-20-35-36(23-49-42)45(59)51(3)26-37(35)30-18-40(56)38(41(19-30)61-4)27-52-13-9-29(10-14-52)24-53-15-11-48(12-16-53)21-33(22-48)62-32-5-6-34-31(17-32)25-54(46(34)60)39-7-8-43(57)50-44(39)58/h5-6,17-20,23,26,29,33,39,55-56H,7-16,21-22,24-25,27-28H2,1-4H3,(H,50,57,58). The van der Waals surface area contributed by atoms with Crippen molar-refractivity contribution >= 4 is 28.5 Å². The highest BCUT2D eigenvalue weighted by atomic mass is 16.5. The van der Waals surface area contributed by atoms with Crippen LogP contribution in [0.15, 0.2) is 53.6 Å². The van der Waals surface area contributed by atoms with Crippen LogP contribution < -0.4 is 20.3 Å². The average molecular weight is 847 g/mol. The number of aliphatic hydroxyl groups is 1. The molecule has 2 aromatic heterocycles. The van der Waals surface area contributed by atoms with Crippen molar-refractivity contribution < 1.29 is 34.1 Å². The van der Waals surface area contributed by atoms with Crippen molar-refractivity contribution in [3.63, 3.8) is 0 Å². The minimum absolute atomic E-state index is 0.0903. The lowest BCUT2D eigenvalue weighted by atomic mass is 9.61. The van der Waals surface area contributed by atoms with Crippen LogP contribution in [0.3, 0.4) is 0 Å². The van der Waals surface area contributed by atoms with E-state index in [4.69, 9.17) is 9.47 Å². The number of phenols is 1. The second-order valence-electron chi connectivity index (χ2n) is 19.2. The highest BCUT2D eigenvalue weighted by Gasteiger charge is 2.47. The molecule has 3 saturated heterocycles. The van der Waals surface area contributed by atoms with Crippen LogP contribution in [-0.2, 0) is 35.1 Å². The number of fused-ring (bicyclic) bond motifs is 2. The van der Waals surface area contributed by atoms with Crippen LogP contribution in [0.2, 0.25) is 0 Å². The summed E-state index contributed by atoms with van der Waals surface area (Å²) < 4.78 is 13.8. The van der Waals surface area contributed by atoms with Gasteiger partial charge in [-0.3, -0.25) is 34.4 Å². The molecule has 4 aromatic rings. The van der Waals surface area contributed by atoms with Gasteiger partial charge in [0.05, 0.1) is 25.2 Å². The number of hydrogen-bond acceptors (Lipinski definition) is 11. The Morgan fingerprint density at radius 3 is 2.40 bits per heavy atom. The summed E-state index contributed by atoms with van der Waals surface area (Å²) in [6.45, 7) is 9.85. The fourth-order valence-electron chi connectivity index (χ4n) is 10.5. The van der Waals surface area contributed by atoms with Crippen molar-refractivity contribution in [3.05, 3.63) is 81.5 Å². The molecule has 1 saturated carbocycles. The number of carbonyl (C=O) groups excluding carboxylic acids is 3. The maximum Gasteiger partial charge on any atom is 0.259 e. The Hall–Kier alpha value is -5.31. The van der Waals surface area contributed by atoms with Gasteiger partial charge >= 0.3 is 0 Å². The summed E-state index contributed by atoms with van der Waals surface area (Å²) in [4.78, 5) is 61.4. The van der Waals surface area contributed by atoms with E-state index in [0.29, 0.717) is 58.6 Å². The second-order valence-corrected chi connectivity index (χ2v) is 19.2. The first-order valence-corrected chi connectivity index (χ1v) is 22.1. The Labute approximate surface area is 361 Å². The van der Waals surface area contributed by atoms with Gasteiger partial charge in [0.25, 0.3) is 11.5 Å². The largest absolute Gasteiger partial charge is 0.507 e. The number of benzene rings is 2. The number of phenolic OH excluding ortho intramolecular Hbond substituents is 1. The third-order valence-corrected chi connectivity index (χ3v) is 14.5. The van der Waals surface area contributed by atoms with Crippen molar-refractivity contribution in [2.75, 3.05) is 46.4 Å². The lowest BCUT2D eigenvalue weighted by Crippen LogP contribution is -2.52. The number of carbonyl (C=O) groups is 3. The second kappa shape index (κ2) is 16.4. The smallest absolute Gasteiger partial charge is 0.259 e. The van der Waals surface area contributed by atoms with Crippen molar-refractivity contribution in [2.45, 2.75) is 95.9 Å². The number of hydrogen-bond donors (Lipinski definition) is 3. The van der Waals surface area contributed by atoms with E-state index in [1.807, 2.05) is 44.2 Å². The molecule has 6 heterocycles. The van der Waals surface area contributed by atoms with Gasteiger partial charge in [0.2, 0.25) is 11.8 Å². The van der Waals surface area contributed by atoms with Gasteiger partial charge in [0.15, 0.2) is 0 Å². The van der Waals surface area contributed by atoms with Crippen LogP contribution in [0.1, 0.15) is 92.4 Å². The third kappa shape index (κ3) is 7.96. The molecule has 1 spiro atoms. The molecule has 3 N–H and O–H groups in total. The lowest BCUT2D eigenvalue weighted by molar-refractivity contribution is -0.136. The van der Waals surface area contributed by atoms with Gasteiger partial charge in [0, 0.05) is 73.3 Å². The number of likely N-dealkylation sites (tertiary alicyclic amines) is 2. The molecule has 1 atom stereocenters. The molecule has 1 unspecified atom stereocenters. The highest BCUT2D eigenvalue weighted by Crippen LogP contribution is 2.51. The summed E-state index contributed by atoms with van der Waals surface area (Å²) in [6, 6.07) is 10.6. The Kier molecular flexibility index (Phi) is 11.1. The molecule has 14 heteroatoms. The topological polar surface area (TPSA) is 167 Å².